The van der Waals surface area contributed by atoms with Gasteiger partial charge in [0.25, 0.3) is 0 Å². The zero-order valence-electron chi connectivity index (χ0n) is 11.4. The van der Waals surface area contributed by atoms with E-state index in [1.54, 1.807) is 0 Å². The molecule has 0 rings (SSSR count). The maximum Gasteiger partial charge on any atom is 0.340 e. The molecule has 0 N–H and O–H groups in total. The monoisotopic (exact) mass is 232 g/mol. The molecule has 92 valence electrons. The van der Waals surface area contributed by atoms with Crippen LogP contribution in [0.2, 0.25) is 11.6 Å². The molecule has 0 aromatic heterocycles. The molecule has 0 saturated heterocycles. The number of hydrogen-bond donors (Lipinski definition) is 0. The summed E-state index contributed by atoms with van der Waals surface area (Å²) in [5, 5.41) is 0.203. The van der Waals surface area contributed by atoms with Gasteiger partial charge in [0.1, 0.15) is 0 Å². The van der Waals surface area contributed by atoms with Gasteiger partial charge in [-0.2, -0.15) is 0 Å². The summed E-state index contributed by atoms with van der Waals surface area (Å²) in [4.78, 5) is 0. The van der Waals surface area contributed by atoms with E-state index in [1.165, 1.54) is 19.3 Å². The summed E-state index contributed by atoms with van der Waals surface area (Å²) in [6.45, 7) is 14.7. The molecule has 0 heterocycles. The second-order valence-electron chi connectivity index (χ2n) is 4.80. The predicted molar refractivity (Wildman–Crippen MR) is 68.4 cm³/mol. The first-order valence-corrected chi connectivity index (χ1v) is 8.53. The van der Waals surface area contributed by atoms with Crippen LogP contribution in [0, 0.1) is 0 Å². The Morgan fingerprint density at radius 1 is 1.00 bits per heavy atom. The molecule has 0 aromatic rings. The van der Waals surface area contributed by atoms with Crippen molar-refractivity contribution in [1.29, 1.82) is 0 Å². The lowest BCUT2D eigenvalue weighted by atomic mass is 10.1. The number of hydrogen-bond acceptors (Lipinski definition) is 2. The maximum atomic E-state index is 5.95. The summed E-state index contributed by atoms with van der Waals surface area (Å²) in [5.74, 6) is 0. The molecule has 0 aliphatic rings. The third-order valence-corrected chi connectivity index (χ3v) is 7.61. The van der Waals surface area contributed by atoms with Crippen LogP contribution < -0.4 is 0 Å². The quantitative estimate of drug-likeness (QED) is 0.587. The van der Waals surface area contributed by atoms with Crippen molar-refractivity contribution < 1.29 is 8.85 Å². The average molecular weight is 232 g/mol. The maximum absolute atomic E-state index is 5.95. The normalized spacial score (nSPS) is 13.2. The van der Waals surface area contributed by atoms with Gasteiger partial charge in [-0.3, -0.25) is 0 Å². The zero-order chi connectivity index (χ0) is 11.9. The van der Waals surface area contributed by atoms with E-state index >= 15 is 0 Å². The SMILES string of the molecule is CCCCC(C)(C)[Si](C)(OCC)OCC. The minimum Gasteiger partial charge on any atom is -0.394 e. The number of rotatable bonds is 8. The summed E-state index contributed by atoms with van der Waals surface area (Å²) in [5.41, 5.74) is 0. The van der Waals surface area contributed by atoms with Gasteiger partial charge in [0, 0.05) is 18.3 Å². The van der Waals surface area contributed by atoms with Crippen molar-refractivity contribution in [2.75, 3.05) is 13.2 Å². The highest BCUT2D eigenvalue weighted by Crippen LogP contribution is 2.43. The zero-order valence-corrected chi connectivity index (χ0v) is 12.4. The Balaban J connectivity index is 4.55. The molecule has 0 bridgehead atoms. The molecule has 0 saturated carbocycles. The van der Waals surface area contributed by atoms with E-state index < -0.39 is 8.56 Å². The molecule has 0 radical (unpaired) electrons. The second-order valence-corrected chi connectivity index (χ2v) is 8.62. The van der Waals surface area contributed by atoms with Gasteiger partial charge in [0.15, 0.2) is 0 Å². The lowest BCUT2D eigenvalue weighted by molar-refractivity contribution is 0.161. The third-order valence-electron chi connectivity index (χ3n) is 3.22. The molecule has 0 aliphatic carbocycles. The van der Waals surface area contributed by atoms with Crippen LogP contribution in [-0.4, -0.2) is 21.8 Å². The van der Waals surface area contributed by atoms with E-state index in [0.29, 0.717) is 0 Å². The Kier molecular flexibility index (Phi) is 6.72. The van der Waals surface area contributed by atoms with E-state index in [-0.39, 0.29) is 5.04 Å². The number of unbranched alkanes of at least 4 members (excludes halogenated alkanes) is 1. The summed E-state index contributed by atoms with van der Waals surface area (Å²) < 4.78 is 11.9. The lowest BCUT2D eigenvalue weighted by Crippen LogP contribution is -2.48. The standard InChI is InChI=1S/C12H28O2Si/c1-7-10-11-12(4,5)15(6,13-8-2)14-9-3/h7-11H2,1-6H3. The van der Waals surface area contributed by atoms with E-state index in [1.807, 2.05) is 0 Å². The van der Waals surface area contributed by atoms with Crippen LogP contribution in [0.5, 0.6) is 0 Å². The molecule has 0 amide bonds. The fraction of sp³-hybridized carbons (Fsp3) is 1.00. The molecule has 15 heavy (non-hydrogen) atoms. The van der Waals surface area contributed by atoms with Gasteiger partial charge in [-0.1, -0.05) is 33.6 Å². The minimum absolute atomic E-state index is 0.203. The van der Waals surface area contributed by atoms with Gasteiger partial charge in [0.2, 0.25) is 0 Å². The highest BCUT2D eigenvalue weighted by molar-refractivity contribution is 6.69. The Morgan fingerprint density at radius 2 is 1.47 bits per heavy atom. The van der Waals surface area contributed by atoms with Crippen LogP contribution in [-0.2, 0) is 8.85 Å². The van der Waals surface area contributed by atoms with Gasteiger partial charge in [-0.15, -0.1) is 0 Å². The van der Waals surface area contributed by atoms with Crippen molar-refractivity contribution in [3.05, 3.63) is 0 Å². The molecular weight excluding hydrogens is 204 g/mol. The van der Waals surface area contributed by atoms with Gasteiger partial charge in [-0.05, 0) is 26.8 Å². The lowest BCUT2D eigenvalue weighted by Gasteiger charge is -2.40. The summed E-state index contributed by atoms with van der Waals surface area (Å²) in [6, 6.07) is 0. The van der Waals surface area contributed by atoms with E-state index in [2.05, 4.69) is 41.2 Å². The van der Waals surface area contributed by atoms with E-state index in [0.717, 1.165) is 13.2 Å². The fourth-order valence-corrected chi connectivity index (χ4v) is 4.43. The van der Waals surface area contributed by atoms with E-state index in [9.17, 15) is 0 Å². The first-order chi connectivity index (χ1) is 6.93. The smallest absolute Gasteiger partial charge is 0.340 e. The predicted octanol–water partition coefficient (Wildman–Crippen LogP) is 4.10. The molecule has 0 unspecified atom stereocenters. The molecule has 0 atom stereocenters. The Hall–Kier alpha value is 0.137. The van der Waals surface area contributed by atoms with Crippen molar-refractivity contribution in [3.8, 4) is 0 Å². The Morgan fingerprint density at radius 3 is 1.80 bits per heavy atom. The molecule has 2 nitrogen and oxygen atoms in total. The summed E-state index contributed by atoms with van der Waals surface area (Å²) in [6.07, 6.45) is 3.70. The molecule has 0 aliphatic heterocycles. The molecule has 0 spiro atoms. The molecule has 0 fully saturated rings. The van der Waals surface area contributed by atoms with Crippen LogP contribution in [0.15, 0.2) is 0 Å². The van der Waals surface area contributed by atoms with Crippen LogP contribution in [0.4, 0.5) is 0 Å². The summed E-state index contributed by atoms with van der Waals surface area (Å²) >= 11 is 0. The molecule has 3 heteroatoms. The fourth-order valence-electron chi connectivity index (χ4n) is 1.83. The van der Waals surface area contributed by atoms with Gasteiger partial charge in [-0.25, -0.2) is 0 Å². The van der Waals surface area contributed by atoms with Crippen LogP contribution in [0.1, 0.15) is 53.9 Å². The second kappa shape index (κ2) is 6.66. The average Bonchev–Trinajstić information content (AvgIpc) is 2.15. The van der Waals surface area contributed by atoms with Gasteiger partial charge < -0.3 is 8.85 Å². The highest BCUT2D eigenvalue weighted by Gasteiger charge is 2.46. The van der Waals surface area contributed by atoms with Crippen LogP contribution >= 0.6 is 0 Å². The van der Waals surface area contributed by atoms with E-state index in [4.69, 9.17) is 8.85 Å². The minimum atomic E-state index is -2.01. The molecule has 0 aromatic carbocycles. The largest absolute Gasteiger partial charge is 0.394 e. The summed E-state index contributed by atoms with van der Waals surface area (Å²) in [7, 11) is -2.01. The van der Waals surface area contributed by atoms with Crippen molar-refractivity contribution in [3.63, 3.8) is 0 Å². The van der Waals surface area contributed by atoms with Crippen LogP contribution in [0.3, 0.4) is 0 Å². The van der Waals surface area contributed by atoms with Gasteiger partial charge >= 0.3 is 8.56 Å². The van der Waals surface area contributed by atoms with Crippen molar-refractivity contribution in [2.45, 2.75) is 65.5 Å². The van der Waals surface area contributed by atoms with Crippen molar-refractivity contribution >= 4 is 8.56 Å². The first kappa shape index (κ1) is 15.1. The topological polar surface area (TPSA) is 18.5 Å². The Labute approximate surface area is 96.6 Å². The third kappa shape index (κ3) is 4.25. The Bertz CT molecular complexity index is 163. The van der Waals surface area contributed by atoms with Crippen LogP contribution in [0.25, 0.3) is 0 Å². The highest BCUT2D eigenvalue weighted by atomic mass is 28.4. The van der Waals surface area contributed by atoms with Crippen molar-refractivity contribution in [2.24, 2.45) is 0 Å². The van der Waals surface area contributed by atoms with Gasteiger partial charge in [0.05, 0.1) is 0 Å². The molecular formula is C12H28O2Si. The first-order valence-electron chi connectivity index (χ1n) is 6.21. The van der Waals surface area contributed by atoms with Crippen molar-refractivity contribution in [1.82, 2.24) is 0 Å².